The molecule has 16 heavy (non-hydrogen) atoms. The Balaban J connectivity index is 1.83. The van der Waals surface area contributed by atoms with Crippen LogP contribution in [0.3, 0.4) is 0 Å². The molecule has 88 valence electrons. The van der Waals surface area contributed by atoms with Gasteiger partial charge in [-0.25, -0.2) is 9.48 Å². The molecule has 2 heterocycles. The Labute approximate surface area is 94.0 Å². The second kappa shape index (κ2) is 3.73. The van der Waals surface area contributed by atoms with E-state index in [9.17, 15) is 4.79 Å². The fraction of sp³-hybridized carbons (Fsp3) is 0.818. The summed E-state index contributed by atoms with van der Waals surface area (Å²) in [6.07, 6.45) is 4.56. The van der Waals surface area contributed by atoms with Crippen molar-refractivity contribution in [3.63, 3.8) is 0 Å². The maximum atomic E-state index is 12.1. The van der Waals surface area contributed by atoms with Gasteiger partial charge in [0.25, 0.3) is 0 Å². The molecular weight excluding hydrogens is 206 g/mol. The van der Waals surface area contributed by atoms with Gasteiger partial charge in [0.15, 0.2) is 0 Å². The molecule has 1 unspecified atom stereocenters. The van der Waals surface area contributed by atoms with Crippen molar-refractivity contribution < 1.29 is 4.74 Å². The largest absolute Gasteiger partial charge is 0.376 e. The van der Waals surface area contributed by atoms with Crippen LogP contribution in [0.2, 0.25) is 0 Å². The molecule has 5 nitrogen and oxygen atoms in total. The van der Waals surface area contributed by atoms with E-state index in [1.807, 2.05) is 11.5 Å². The average Bonchev–Trinajstić information content (AvgIpc) is 2.86. The first-order valence-electron chi connectivity index (χ1n) is 6.03. The predicted octanol–water partition coefficient (Wildman–Crippen LogP) is 0.867. The maximum absolute atomic E-state index is 12.1. The molecular formula is C11H17N3O2. The summed E-state index contributed by atoms with van der Waals surface area (Å²) in [4.78, 5) is 12.1. The maximum Gasteiger partial charge on any atom is 0.346 e. The zero-order valence-electron chi connectivity index (χ0n) is 9.56. The molecule has 1 aliphatic heterocycles. The fourth-order valence-corrected chi connectivity index (χ4v) is 2.38. The Hall–Kier alpha value is -1.10. The molecule has 0 radical (unpaired) electrons. The molecule has 0 amide bonds. The molecule has 0 bridgehead atoms. The van der Waals surface area contributed by atoms with Crippen LogP contribution in [-0.2, 0) is 11.3 Å². The zero-order chi connectivity index (χ0) is 11.1. The van der Waals surface area contributed by atoms with Crippen molar-refractivity contribution in [1.29, 1.82) is 0 Å². The third-order valence-electron chi connectivity index (χ3n) is 3.35. The van der Waals surface area contributed by atoms with Crippen LogP contribution in [0, 0.1) is 6.92 Å². The van der Waals surface area contributed by atoms with Crippen LogP contribution in [0.5, 0.6) is 0 Å². The molecule has 1 saturated heterocycles. The Morgan fingerprint density at radius 1 is 1.44 bits per heavy atom. The smallest absolute Gasteiger partial charge is 0.346 e. The van der Waals surface area contributed by atoms with Crippen molar-refractivity contribution in [3.8, 4) is 0 Å². The Morgan fingerprint density at radius 2 is 2.25 bits per heavy atom. The first-order valence-corrected chi connectivity index (χ1v) is 6.03. The molecule has 1 aromatic rings. The molecule has 0 spiro atoms. The number of hydrogen-bond donors (Lipinski definition) is 0. The highest BCUT2D eigenvalue weighted by molar-refractivity contribution is 4.94. The fourth-order valence-electron chi connectivity index (χ4n) is 2.38. The molecule has 2 fully saturated rings. The van der Waals surface area contributed by atoms with E-state index in [1.54, 1.807) is 4.68 Å². The molecule has 5 heteroatoms. The highest BCUT2D eigenvalue weighted by atomic mass is 16.5. The van der Waals surface area contributed by atoms with E-state index in [-0.39, 0.29) is 11.8 Å². The monoisotopic (exact) mass is 223 g/mol. The van der Waals surface area contributed by atoms with Crippen LogP contribution in [0.4, 0.5) is 0 Å². The standard InChI is InChI=1S/C11H17N3O2/c1-8-12-13(7-10-3-2-6-16-10)11(15)14(8)9-4-5-9/h9-10H,2-7H2,1H3. The predicted molar refractivity (Wildman–Crippen MR) is 58.5 cm³/mol. The van der Waals surface area contributed by atoms with E-state index in [2.05, 4.69) is 5.10 Å². The van der Waals surface area contributed by atoms with Crippen molar-refractivity contribution in [2.45, 2.75) is 51.3 Å². The van der Waals surface area contributed by atoms with Gasteiger partial charge >= 0.3 is 5.69 Å². The molecule has 1 aliphatic carbocycles. The third kappa shape index (κ3) is 1.69. The molecule has 3 rings (SSSR count). The van der Waals surface area contributed by atoms with Crippen LogP contribution in [-0.4, -0.2) is 27.1 Å². The van der Waals surface area contributed by atoms with Crippen LogP contribution in [0.1, 0.15) is 37.5 Å². The second-order valence-corrected chi connectivity index (χ2v) is 4.75. The molecule has 1 atom stereocenters. The van der Waals surface area contributed by atoms with Crippen molar-refractivity contribution in [1.82, 2.24) is 14.3 Å². The normalized spacial score (nSPS) is 25.2. The lowest BCUT2D eigenvalue weighted by atomic mass is 10.2. The highest BCUT2D eigenvalue weighted by Crippen LogP contribution is 2.34. The van der Waals surface area contributed by atoms with Gasteiger partial charge in [-0.05, 0) is 32.6 Å². The first-order chi connectivity index (χ1) is 7.75. The van der Waals surface area contributed by atoms with Crippen molar-refractivity contribution >= 4 is 0 Å². The van der Waals surface area contributed by atoms with E-state index >= 15 is 0 Å². The van der Waals surface area contributed by atoms with Crippen molar-refractivity contribution in [2.75, 3.05) is 6.61 Å². The van der Waals surface area contributed by atoms with Gasteiger partial charge in [0, 0.05) is 12.6 Å². The van der Waals surface area contributed by atoms with Gasteiger partial charge in [0.2, 0.25) is 0 Å². The van der Waals surface area contributed by atoms with E-state index in [0.29, 0.717) is 12.6 Å². The van der Waals surface area contributed by atoms with Crippen LogP contribution in [0.25, 0.3) is 0 Å². The lowest BCUT2D eigenvalue weighted by molar-refractivity contribution is 0.0928. The molecule has 0 N–H and O–H groups in total. The zero-order valence-corrected chi connectivity index (χ0v) is 9.56. The van der Waals surface area contributed by atoms with E-state index < -0.39 is 0 Å². The minimum absolute atomic E-state index is 0.0375. The van der Waals surface area contributed by atoms with Gasteiger partial charge in [-0.2, -0.15) is 5.10 Å². The number of ether oxygens (including phenoxy) is 1. The summed E-state index contributed by atoms with van der Waals surface area (Å²) in [5.41, 5.74) is 0.0375. The summed E-state index contributed by atoms with van der Waals surface area (Å²) < 4.78 is 8.93. The van der Waals surface area contributed by atoms with Gasteiger partial charge in [-0.3, -0.25) is 4.57 Å². The highest BCUT2D eigenvalue weighted by Gasteiger charge is 2.29. The molecule has 0 aromatic carbocycles. The first kappa shape index (κ1) is 10.1. The van der Waals surface area contributed by atoms with Gasteiger partial charge in [0.1, 0.15) is 5.82 Å². The van der Waals surface area contributed by atoms with Crippen LogP contribution < -0.4 is 5.69 Å². The summed E-state index contributed by atoms with van der Waals surface area (Å²) in [7, 11) is 0. The number of rotatable bonds is 3. The summed E-state index contributed by atoms with van der Waals surface area (Å²) in [5, 5.41) is 4.32. The van der Waals surface area contributed by atoms with Crippen LogP contribution in [0.15, 0.2) is 4.79 Å². The van der Waals surface area contributed by atoms with E-state index in [0.717, 1.165) is 38.1 Å². The van der Waals surface area contributed by atoms with E-state index in [1.165, 1.54) is 0 Å². The summed E-state index contributed by atoms with van der Waals surface area (Å²) >= 11 is 0. The molecule has 1 saturated carbocycles. The number of nitrogens with zero attached hydrogens (tertiary/aromatic N) is 3. The number of aryl methyl sites for hydroxylation is 1. The van der Waals surface area contributed by atoms with Gasteiger partial charge < -0.3 is 4.74 Å². The Bertz CT molecular complexity index is 439. The van der Waals surface area contributed by atoms with Crippen molar-refractivity contribution in [3.05, 3.63) is 16.3 Å². The summed E-state index contributed by atoms with van der Waals surface area (Å²) in [6.45, 7) is 3.34. The Kier molecular flexibility index (Phi) is 2.35. The van der Waals surface area contributed by atoms with E-state index in [4.69, 9.17) is 4.74 Å². The molecule has 2 aliphatic rings. The second-order valence-electron chi connectivity index (χ2n) is 4.75. The third-order valence-corrected chi connectivity index (χ3v) is 3.35. The number of hydrogen-bond acceptors (Lipinski definition) is 3. The van der Waals surface area contributed by atoms with Crippen molar-refractivity contribution in [2.24, 2.45) is 0 Å². The number of aromatic nitrogens is 3. The van der Waals surface area contributed by atoms with Crippen LogP contribution >= 0.6 is 0 Å². The minimum Gasteiger partial charge on any atom is -0.376 e. The minimum atomic E-state index is 0.0375. The lowest BCUT2D eigenvalue weighted by Gasteiger charge is -2.07. The Morgan fingerprint density at radius 3 is 2.88 bits per heavy atom. The topological polar surface area (TPSA) is 49.1 Å². The SMILES string of the molecule is Cc1nn(CC2CCCO2)c(=O)n1C1CC1. The lowest BCUT2D eigenvalue weighted by Crippen LogP contribution is -2.29. The van der Waals surface area contributed by atoms with Gasteiger partial charge in [-0.15, -0.1) is 0 Å². The van der Waals surface area contributed by atoms with Gasteiger partial charge in [-0.1, -0.05) is 0 Å². The average molecular weight is 223 g/mol. The summed E-state index contributed by atoms with van der Waals surface area (Å²) in [5.74, 6) is 0.838. The quantitative estimate of drug-likeness (QED) is 0.764. The summed E-state index contributed by atoms with van der Waals surface area (Å²) in [6, 6.07) is 0.408. The molecule has 1 aromatic heterocycles. The van der Waals surface area contributed by atoms with Gasteiger partial charge in [0.05, 0.1) is 12.6 Å².